The minimum atomic E-state index is -2.52. The van der Waals surface area contributed by atoms with Crippen LogP contribution in [0.25, 0.3) is 0 Å². The van der Waals surface area contributed by atoms with Crippen molar-refractivity contribution in [2.24, 2.45) is 29.6 Å². The third-order valence-electron chi connectivity index (χ3n) is 12.6. The van der Waals surface area contributed by atoms with Crippen molar-refractivity contribution in [3.63, 3.8) is 0 Å². The molecule has 13 heteroatoms. The molecule has 4 N–H and O–H groups in total. The van der Waals surface area contributed by atoms with Crippen molar-refractivity contribution in [1.82, 2.24) is 4.90 Å². The number of methoxy groups -OCH3 is 2. The van der Waals surface area contributed by atoms with Gasteiger partial charge >= 0.3 is 5.97 Å². The fraction of sp³-hybridized carbons (Fsp3) is 0.767. The Morgan fingerprint density at radius 3 is 2.27 bits per heavy atom. The number of allylic oxidation sites excluding steroid dienone is 4. The van der Waals surface area contributed by atoms with Crippen LogP contribution in [-0.2, 0) is 38.1 Å². The summed E-state index contributed by atoms with van der Waals surface area (Å²) in [6.07, 6.45) is 3.36. The Kier molecular flexibility index (Phi) is 16.6. The Hall–Kier alpha value is -2.78. The molecule has 1 saturated carbocycles. The second kappa shape index (κ2) is 20.3. The zero-order valence-corrected chi connectivity index (χ0v) is 34.4. The summed E-state index contributed by atoms with van der Waals surface area (Å²) in [7, 11) is 3.04. The number of cyclic esters (lactones) is 1. The maximum Gasteiger partial charge on any atom is 0.329 e. The zero-order valence-electron chi connectivity index (χ0n) is 34.4. The summed E-state index contributed by atoms with van der Waals surface area (Å²) in [5, 5.41) is 44.1. The number of ether oxygens (including phenoxy) is 4. The van der Waals surface area contributed by atoms with E-state index >= 15 is 0 Å². The van der Waals surface area contributed by atoms with Gasteiger partial charge in [0, 0.05) is 44.9 Å². The van der Waals surface area contributed by atoms with Crippen LogP contribution in [0.5, 0.6) is 0 Å². The average molecular weight is 790 g/mol. The van der Waals surface area contributed by atoms with Crippen LogP contribution >= 0.6 is 0 Å². The second-order valence-electron chi connectivity index (χ2n) is 17.1. The summed E-state index contributed by atoms with van der Waals surface area (Å²) in [5.41, 5.74) is 1.54. The first-order valence-electron chi connectivity index (χ1n) is 20.5. The van der Waals surface area contributed by atoms with Gasteiger partial charge in [-0.05, 0) is 95.5 Å². The number of Topliss-reactive ketones (excluding diaryl/α,β-unsaturated/α-hetero) is 2. The van der Waals surface area contributed by atoms with E-state index in [1.807, 2.05) is 26.0 Å². The van der Waals surface area contributed by atoms with Gasteiger partial charge in [-0.1, -0.05) is 44.6 Å². The summed E-state index contributed by atoms with van der Waals surface area (Å²) in [5.74, 6) is -8.03. The number of rotatable bonds is 6. The van der Waals surface area contributed by atoms with Crippen LogP contribution in [0.1, 0.15) is 105 Å². The largest absolute Gasteiger partial charge is 0.456 e. The number of fused-ring (bicyclic) bond motifs is 3. The van der Waals surface area contributed by atoms with E-state index in [2.05, 4.69) is 6.58 Å². The molecule has 14 atom stereocenters. The van der Waals surface area contributed by atoms with Gasteiger partial charge in [-0.15, -0.1) is 6.58 Å². The Labute approximate surface area is 332 Å². The maximum atomic E-state index is 14.2. The SMILES string of the molecule is C=CC[C@@H]1/C=C(\C)C[C@H](C)C[C@H](OC)[C@H]2O[C@@](O)(C(=O)C(=O)N3CCCCC3C(=O)O[C@H](/C(C)=C/C3CC[C@@H](O)[C@H](O)C3)[C@H](C)[C@H](O)CC1=O)[C@H](C)C[C@@H]2OC. The highest BCUT2D eigenvalue weighted by atomic mass is 16.7. The molecule has 2 unspecified atom stereocenters. The van der Waals surface area contributed by atoms with Crippen molar-refractivity contribution in [1.29, 1.82) is 0 Å². The van der Waals surface area contributed by atoms with Crippen molar-refractivity contribution >= 4 is 23.4 Å². The Balaban J connectivity index is 1.78. The van der Waals surface area contributed by atoms with E-state index < -0.39 is 90.0 Å². The summed E-state index contributed by atoms with van der Waals surface area (Å²) in [6, 6.07) is -1.16. The number of carbonyl (C=O) groups excluding carboxylic acids is 4. The van der Waals surface area contributed by atoms with Crippen LogP contribution in [0.4, 0.5) is 0 Å². The maximum absolute atomic E-state index is 14.2. The molecular weight excluding hydrogens is 722 g/mol. The van der Waals surface area contributed by atoms with Gasteiger partial charge in [-0.2, -0.15) is 0 Å². The fourth-order valence-corrected chi connectivity index (χ4v) is 9.19. The number of amides is 1. The van der Waals surface area contributed by atoms with Crippen molar-refractivity contribution < 1.29 is 58.6 Å². The van der Waals surface area contributed by atoms with E-state index in [1.54, 1.807) is 26.8 Å². The molecule has 1 aliphatic carbocycles. The summed E-state index contributed by atoms with van der Waals surface area (Å²) < 4.78 is 24.1. The number of hydrogen-bond donors (Lipinski definition) is 4. The van der Waals surface area contributed by atoms with Gasteiger partial charge in [0.25, 0.3) is 11.7 Å². The van der Waals surface area contributed by atoms with Crippen molar-refractivity contribution in [2.75, 3.05) is 20.8 Å². The van der Waals surface area contributed by atoms with Gasteiger partial charge in [-0.25, -0.2) is 4.79 Å². The van der Waals surface area contributed by atoms with Crippen molar-refractivity contribution in [2.45, 2.75) is 160 Å². The number of hydrogen-bond acceptors (Lipinski definition) is 12. The van der Waals surface area contributed by atoms with Crippen LogP contribution in [0.15, 0.2) is 36.0 Å². The Morgan fingerprint density at radius 2 is 1.62 bits per heavy atom. The number of esters is 1. The highest BCUT2D eigenvalue weighted by Gasteiger charge is 2.56. The van der Waals surface area contributed by atoms with E-state index in [-0.39, 0.29) is 43.4 Å². The average Bonchev–Trinajstić information content (AvgIpc) is 3.16. The van der Waals surface area contributed by atoms with E-state index in [0.29, 0.717) is 56.9 Å². The molecule has 2 saturated heterocycles. The molecule has 2 bridgehead atoms. The van der Waals surface area contributed by atoms with Gasteiger partial charge in [-0.3, -0.25) is 14.4 Å². The van der Waals surface area contributed by atoms with E-state index in [4.69, 9.17) is 18.9 Å². The Bertz CT molecular complexity index is 1460. The molecule has 4 aliphatic rings. The summed E-state index contributed by atoms with van der Waals surface area (Å²) in [4.78, 5) is 57.6. The molecule has 13 nitrogen and oxygen atoms in total. The molecule has 0 radical (unpaired) electrons. The molecule has 56 heavy (non-hydrogen) atoms. The van der Waals surface area contributed by atoms with Gasteiger partial charge in [0.05, 0.1) is 30.5 Å². The van der Waals surface area contributed by atoms with Gasteiger partial charge in [0.1, 0.15) is 24.0 Å². The fourth-order valence-electron chi connectivity index (χ4n) is 9.19. The van der Waals surface area contributed by atoms with Gasteiger partial charge < -0.3 is 44.3 Å². The first-order valence-corrected chi connectivity index (χ1v) is 20.5. The van der Waals surface area contributed by atoms with Crippen LogP contribution in [0, 0.1) is 29.6 Å². The van der Waals surface area contributed by atoms with E-state index in [1.165, 1.54) is 14.2 Å². The topological polar surface area (TPSA) is 189 Å². The van der Waals surface area contributed by atoms with Crippen molar-refractivity contribution in [3.05, 3.63) is 36.0 Å². The van der Waals surface area contributed by atoms with Crippen molar-refractivity contribution in [3.8, 4) is 0 Å². The summed E-state index contributed by atoms with van der Waals surface area (Å²) >= 11 is 0. The highest BCUT2D eigenvalue weighted by molar-refractivity contribution is 6.39. The molecule has 0 aromatic carbocycles. The first kappa shape index (κ1) is 45.9. The number of aliphatic hydroxyl groups is 4. The minimum absolute atomic E-state index is 0.00242. The highest BCUT2D eigenvalue weighted by Crippen LogP contribution is 2.39. The predicted molar refractivity (Wildman–Crippen MR) is 208 cm³/mol. The standard InChI is InChI=1S/C43H67NO12/c1-9-12-30-18-24(2)17-25(3)19-36(53-7)39-37(54-8)21-27(5)43(52,56-39)40(49)41(50)44-16-11-10-13-31(44)42(51)55-38(28(6)33(46)23-34(30)47)26(4)20-29-14-15-32(45)35(48)22-29/h9,18,20,25,27-33,35-39,45-46,48,52H,1,10-17,19,21-23H2,2-8H3/b24-18+,26-20+/t25-,27+,28+,29?,30+,31?,32+,33+,35+,36-,37-,38+,39+,43+/m0/s1. The molecular formula is C43H67NO12. The number of carbonyl (C=O) groups is 4. The first-order chi connectivity index (χ1) is 26.4. The predicted octanol–water partition coefficient (Wildman–Crippen LogP) is 3.98. The molecule has 0 spiro atoms. The molecule has 0 aromatic heterocycles. The van der Waals surface area contributed by atoms with Crippen LogP contribution in [0.2, 0.25) is 0 Å². The third kappa shape index (κ3) is 10.8. The normalized spacial score (nSPS) is 41.5. The van der Waals surface area contributed by atoms with Crippen LogP contribution < -0.4 is 0 Å². The molecule has 1 amide bonds. The number of ketones is 2. The lowest BCUT2D eigenvalue weighted by Crippen LogP contribution is -2.64. The second-order valence-corrected chi connectivity index (χ2v) is 17.1. The molecule has 0 aromatic rings. The number of nitrogens with zero attached hydrogens (tertiary/aromatic N) is 1. The summed E-state index contributed by atoms with van der Waals surface area (Å²) in [6.45, 7) is 13.0. The van der Waals surface area contributed by atoms with Gasteiger partial charge in [0.15, 0.2) is 0 Å². The monoisotopic (exact) mass is 789 g/mol. The molecule has 316 valence electrons. The third-order valence-corrected chi connectivity index (χ3v) is 12.6. The smallest absolute Gasteiger partial charge is 0.329 e. The van der Waals surface area contributed by atoms with E-state index in [9.17, 15) is 39.6 Å². The number of piperidine rings is 1. The van der Waals surface area contributed by atoms with Gasteiger partial charge in [0.2, 0.25) is 5.79 Å². The van der Waals surface area contributed by atoms with Crippen LogP contribution in [-0.4, -0.2) is 124 Å². The van der Waals surface area contributed by atoms with E-state index in [0.717, 1.165) is 10.5 Å². The quantitative estimate of drug-likeness (QED) is 0.172. The lowest BCUT2D eigenvalue weighted by Gasteiger charge is -2.47. The lowest BCUT2D eigenvalue weighted by atomic mass is 9.81. The molecule has 3 heterocycles. The number of aliphatic hydroxyl groups excluding tert-OH is 3. The molecule has 3 fully saturated rings. The lowest BCUT2D eigenvalue weighted by molar-refractivity contribution is -0.302. The zero-order chi connectivity index (χ0) is 41.5. The van der Waals surface area contributed by atoms with Crippen LogP contribution in [0.3, 0.4) is 0 Å². The molecule has 3 aliphatic heterocycles. The Morgan fingerprint density at radius 1 is 0.946 bits per heavy atom. The molecule has 4 rings (SSSR count). The minimum Gasteiger partial charge on any atom is -0.456 e.